The van der Waals surface area contributed by atoms with Crippen LogP contribution in [-0.4, -0.2) is 31.7 Å². The van der Waals surface area contributed by atoms with Gasteiger partial charge in [0.1, 0.15) is 0 Å². The van der Waals surface area contributed by atoms with Gasteiger partial charge in [0.05, 0.1) is 16.3 Å². The third kappa shape index (κ3) is 4.94. The maximum absolute atomic E-state index is 12.8. The number of fused-ring (bicyclic) bond motifs is 1. The van der Waals surface area contributed by atoms with E-state index in [-0.39, 0.29) is 22.5 Å². The first-order chi connectivity index (χ1) is 13.2. The Kier molecular flexibility index (Phi) is 6.10. The summed E-state index contributed by atoms with van der Waals surface area (Å²) in [5.74, 6) is -0.876. The molecule has 148 valence electrons. The highest BCUT2D eigenvalue weighted by molar-refractivity contribution is 7.99. The van der Waals surface area contributed by atoms with Gasteiger partial charge in [0.25, 0.3) is 0 Å². The lowest BCUT2D eigenvalue weighted by Crippen LogP contribution is -2.27. The smallest absolute Gasteiger partial charge is 0.228 e. The number of amides is 2. The van der Waals surface area contributed by atoms with Crippen molar-refractivity contribution >= 4 is 44.8 Å². The summed E-state index contributed by atoms with van der Waals surface area (Å²) in [6.07, 6.45) is 0.387. The molecule has 2 aromatic carbocycles. The highest BCUT2D eigenvalue weighted by atomic mass is 32.2. The van der Waals surface area contributed by atoms with Crippen LogP contribution in [0.2, 0.25) is 0 Å². The number of nitrogens with one attached hydrogen (secondary N) is 2. The zero-order chi connectivity index (χ0) is 20.3. The molecule has 1 aliphatic rings. The van der Waals surface area contributed by atoms with Crippen LogP contribution in [0, 0.1) is 12.8 Å². The topological polar surface area (TPSA) is 92.3 Å². The van der Waals surface area contributed by atoms with Crippen molar-refractivity contribution in [2.75, 3.05) is 22.1 Å². The first kappa shape index (κ1) is 20.4. The van der Waals surface area contributed by atoms with Crippen molar-refractivity contribution in [1.29, 1.82) is 0 Å². The molecule has 3 rings (SSSR count). The number of aryl methyl sites for hydroxylation is 1. The maximum atomic E-state index is 12.8. The molecule has 0 saturated carbocycles. The molecule has 8 heteroatoms. The normalized spacial score (nSPS) is 15.1. The number of benzene rings is 2. The minimum absolute atomic E-state index is 0.101. The average Bonchev–Trinajstić information content (AvgIpc) is 2.81. The summed E-state index contributed by atoms with van der Waals surface area (Å²) in [5.41, 5.74) is 2.15. The van der Waals surface area contributed by atoms with E-state index in [9.17, 15) is 18.0 Å². The molecule has 6 nitrogen and oxygen atoms in total. The van der Waals surface area contributed by atoms with Gasteiger partial charge in [-0.25, -0.2) is 8.42 Å². The fourth-order valence-electron chi connectivity index (χ4n) is 2.88. The molecule has 1 atom stereocenters. The van der Waals surface area contributed by atoms with Crippen molar-refractivity contribution in [3.63, 3.8) is 0 Å². The SMILES string of the molecule is Cc1cccc(NC(=O)C(C)CS(=O)(=O)c2ccc3c(c2)NC(=O)CCS3)c1. The van der Waals surface area contributed by atoms with Crippen LogP contribution in [0.1, 0.15) is 18.9 Å². The fourth-order valence-corrected chi connectivity index (χ4v) is 5.39. The number of hydrogen-bond donors (Lipinski definition) is 2. The summed E-state index contributed by atoms with van der Waals surface area (Å²) in [5, 5.41) is 5.50. The van der Waals surface area contributed by atoms with E-state index in [1.54, 1.807) is 19.1 Å². The second-order valence-electron chi connectivity index (χ2n) is 6.85. The summed E-state index contributed by atoms with van der Waals surface area (Å²) >= 11 is 1.51. The predicted octanol–water partition coefficient (Wildman–Crippen LogP) is 3.48. The Labute approximate surface area is 169 Å². The minimum atomic E-state index is -3.69. The molecule has 2 amide bonds. The van der Waals surface area contributed by atoms with Gasteiger partial charge in [0.2, 0.25) is 11.8 Å². The lowest BCUT2D eigenvalue weighted by atomic mass is 10.2. The molecule has 28 heavy (non-hydrogen) atoms. The molecule has 0 radical (unpaired) electrons. The molecular weight excluding hydrogens is 396 g/mol. The van der Waals surface area contributed by atoms with Gasteiger partial charge in [-0.15, -0.1) is 11.8 Å². The van der Waals surface area contributed by atoms with Crippen molar-refractivity contribution < 1.29 is 18.0 Å². The average molecular weight is 419 g/mol. The van der Waals surface area contributed by atoms with Gasteiger partial charge in [-0.2, -0.15) is 0 Å². The number of rotatable bonds is 5. The van der Waals surface area contributed by atoms with E-state index in [0.29, 0.717) is 23.5 Å². The lowest BCUT2D eigenvalue weighted by Gasteiger charge is -2.14. The zero-order valence-corrected chi connectivity index (χ0v) is 17.3. The summed E-state index contributed by atoms with van der Waals surface area (Å²) in [7, 11) is -3.69. The quantitative estimate of drug-likeness (QED) is 0.776. The monoisotopic (exact) mass is 418 g/mol. The van der Waals surface area contributed by atoms with Gasteiger partial charge in [-0.3, -0.25) is 9.59 Å². The Morgan fingerprint density at radius 3 is 2.79 bits per heavy atom. The highest BCUT2D eigenvalue weighted by Gasteiger charge is 2.25. The molecule has 0 aromatic heterocycles. The number of thioether (sulfide) groups is 1. The molecule has 1 heterocycles. The van der Waals surface area contributed by atoms with Gasteiger partial charge < -0.3 is 10.6 Å². The van der Waals surface area contributed by atoms with Gasteiger partial charge in [0, 0.05) is 28.7 Å². The maximum Gasteiger partial charge on any atom is 0.228 e. The van der Waals surface area contributed by atoms with Crippen LogP contribution in [0.5, 0.6) is 0 Å². The van der Waals surface area contributed by atoms with Crippen LogP contribution in [-0.2, 0) is 19.4 Å². The van der Waals surface area contributed by atoms with Crippen molar-refractivity contribution in [2.24, 2.45) is 5.92 Å². The van der Waals surface area contributed by atoms with Gasteiger partial charge in [0.15, 0.2) is 9.84 Å². The van der Waals surface area contributed by atoms with Crippen LogP contribution in [0.25, 0.3) is 0 Å². The van der Waals surface area contributed by atoms with E-state index in [4.69, 9.17) is 0 Å². The molecule has 1 unspecified atom stereocenters. The Morgan fingerprint density at radius 1 is 1.25 bits per heavy atom. The molecule has 0 aliphatic carbocycles. The number of carbonyl (C=O) groups excluding carboxylic acids is 2. The van der Waals surface area contributed by atoms with E-state index in [2.05, 4.69) is 10.6 Å². The van der Waals surface area contributed by atoms with E-state index >= 15 is 0 Å². The summed E-state index contributed by atoms with van der Waals surface area (Å²) in [6, 6.07) is 12.0. The van der Waals surface area contributed by atoms with Crippen molar-refractivity contribution in [3.8, 4) is 0 Å². The molecule has 0 bridgehead atoms. The number of anilines is 2. The van der Waals surface area contributed by atoms with Crippen LogP contribution in [0.3, 0.4) is 0 Å². The first-order valence-corrected chi connectivity index (χ1v) is 11.6. The summed E-state index contributed by atoms with van der Waals surface area (Å²) in [6.45, 7) is 3.50. The molecule has 2 aromatic rings. The lowest BCUT2D eigenvalue weighted by molar-refractivity contribution is -0.119. The number of carbonyl (C=O) groups is 2. The first-order valence-electron chi connectivity index (χ1n) is 8.91. The van der Waals surface area contributed by atoms with E-state index in [1.165, 1.54) is 23.9 Å². The highest BCUT2D eigenvalue weighted by Crippen LogP contribution is 2.33. The van der Waals surface area contributed by atoms with Gasteiger partial charge >= 0.3 is 0 Å². The zero-order valence-electron chi connectivity index (χ0n) is 15.7. The van der Waals surface area contributed by atoms with Crippen LogP contribution in [0.15, 0.2) is 52.3 Å². The third-order valence-electron chi connectivity index (χ3n) is 4.37. The molecule has 0 spiro atoms. The van der Waals surface area contributed by atoms with Gasteiger partial charge in [-0.1, -0.05) is 19.1 Å². The number of hydrogen-bond acceptors (Lipinski definition) is 5. The minimum Gasteiger partial charge on any atom is -0.326 e. The third-order valence-corrected chi connectivity index (χ3v) is 7.36. The summed E-state index contributed by atoms with van der Waals surface area (Å²) < 4.78 is 25.6. The van der Waals surface area contributed by atoms with Crippen molar-refractivity contribution in [1.82, 2.24) is 0 Å². The van der Waals surface area contributed by atoms with Crippen molar-refractivity contribution in [2.45, 2.75) is 30.1 Å². The Balaban J connectivity index is 1.74. The van der Waals surface area contributed by atoms with Crippen LogP contribution < -0.4 is 10.6 Å². The Hall–Kier alpha value is -2.32. The van der Waals surface area contributed by atoms with Crippen LogP contribution >= 0.6 is 11.8 Å². The largest absolute Gasteiger partial charge is 0.326 e. The number of sulfone groups is 1. The second-order valence-corrected chi connectivity index (χ2v) is 10.0. The molecule has 2 N–H and O–H groups in total. The fraction of sp³-hybridized carbons (Fsp3) is 0.300. The second kappa shape index (κ2) is 8.36. The molecular formula is C20H22N2O4S2. The standard InChI is InChI=1S/C20H22N2O4S2/c1-13-4-3-5-15(10-13)21-20(24)14(2)12-28(25,26)16-6-7-18-17(11-16)22-19(23)8-9-27-18/h3-7,10-11,14H,8-9,12H2,1-2H3,(H,21,24)(H,22,23). The van der Waals surface area contributed by atoms with Crippen LogP contribution in [0.4, 0.5) is 11.4 Å². The Morgan fingerprint density at radius 2 is 2.04 bits per heavy atom. The van der Waals surface area contributed by atoms with E-state index < -0.39 is 15.8 Å². The Bertz CT molecular complexity index is 1020. The van der Waals surface area contributed by atoms with Crippen molar-refractivity contribution in [3.05, 3.63) is 48.0 Å². The predicted molar refractivity (Wildman–Crippen MR) is 111 cm³/mol. The molecule has 0 saturated heterocycles. The van der Waals surface area contributed by atoms with Gasteiger partial charge in [-0.05, 0) is 42.8 Å². The van der Waals surface area contributed by atoms with E-state index in [0.717, 1.165) is 10.5 Å². The molecule has 1 aliphatic heterocycles. The summed E-state index contributed by atoms with van der Waals surface area (Å²) in [4.78, 5) is 25.1. The van der Waals surface area contributed by atoms with E-state index in [1.807, 2.05) is 25.1 Å². The molecule has 0 fully saturated rings.